The second-order valence-electron chi connectivity index (χ2n) is 4.68. The van der Waals surface area contributed by atoms with Crippen molar-refractivity contribution in [3.63, 3.8) is 0 Å². The Balaban J connectivity index is 1.96. The standard InChI is InChI=1S/C12H21N5O2/c1-2-7-18-11-14-10(17-13)15-12(16-11)19-8-9-5-3-4-6-9/h9H,2-8,13H2,1H3,(H,14,15,16,17). The van der Waals surface area contributed by atoms with Crippen molar-refractivity contribution in [1.82, 2.24) is 15.0 Å². The van der Waals surface area contributed by atoms with Gasteiger partial charge in [-0.05, 0) is 25.2 Å². The molecule has 0 spiro atoms. The van der Waals surface area contributed by atoms with Crippen molar-refractivity contribution >= 4 is 5.95 Å². The number of hydrogen-bond acceptors (Lipinski definition) is 7. The van der Waals surface area contributed by atoms with Crippen LogP contribution in [-0.2, 0) is 0 Å². The highest BCUT2D eigenvalue weighted by Gasteiger charge is 2.17. The molecule has 2 rings (SSSR count). The Kier molecular flexibility index (Phi) is 5.14. The van der Waals surface area contributed by atoms with Gasteiger partial charge >= 0.3 is 12.0 Å². The molecule has 0 atom stereocenters. The molecule has 0 saturated heterocycles. The second kappa shape index (κ2) is 7.08. The van der Waals surface area contributed by atoms with Crippen molar-refractivity contribution in [2.45, 2.75) is 39.0 Å². The van der Waals surface area contributed by atoms with Crippen molar-refractivity contribution in [3.05, 3.63) is 0 Å². The van der Waals surface area contributed by atoms with Crippen LogP contribution >= 0.6 is 0 Å². The lowest BCUT2D eigenvalue weighted by Crippen LogP contribution is -2.15. The van der Waals surface area contributed by atoms with Crippen LogP contribution in [0.2, 0.25) is 0 Å². The summed E-state index contributed by atoms with van der Waals surface area (Å²) in [7, 11) is 0. The Hall–Kier alpha value is -1.63. The van der Waals surface area contributed by atoms with Gasteiger partial charge in [0.1, 0.15) is 0 Å². The number of hydrazine groups is 1. The van der Waals surface area contributed by atoms with Crippen molar-refractivity contribution in [2.75, 3.05) is 18.6 Å². The molecule has 1 aromatic rings. The molecule has 7 heteroatoms. The summed E-state index contributed by atoms with van der Waals surface area (Å²) in [5, 5.41) is 0. The molecule has 1 fully saturated rings. The van der Waals surface area contributed by atoms with Gasteiger partial charge in [-0.3, -0.25) is 5.43 Å². The molecule has 0 amide bonds. The van der Waals surface area contributed by atoms with E-state index >= 15 is 0 Å². The van der Waals surface area contributed by atoms with Crippen LogP contribution in [0.15, 0.2) is 0 Å². The van der Waals surface area contributed by atoms with E-state index in [0.717, 1.165) is 6.42 Å². The molecule has 106 valence electrons. The summed E-state index contributed by atoms with van der Waals surface area (Å²) in [6.45, 7) is 3.21. The molecule has 0 aromatic carbocycles. The first-order chi connectivity index (χ1) is 9.31. The molecule has 1 heterocycles. The molecule has 3 N–H and O–H groups in total. The second-order valence-corrected chi connectivity index (χ2v) is 4.68. The third-order valence-corrected chi connectivity index (χ3v) is 3.08. The van der Waals surface area contributed by atoms with Crippen molar-refractivity contribution < 1.29 is 9.47 Å². The fourth-order valence-electron chi connectivity index (χ4n) is 2.09. The van der Waals surface area contributed by atoms with E-state index < -0.39 is 0 Å². The first kappa shape index (κ1) is 13.8. The fraction of sp³-hybridized carbons (Fsp3) is 0.750. The summed E-state index contributed by atoms with van der Waals surface area (Å²) < 4.78 is 11.0. The first-order valence-electron chi connectivity index (χ1n) is 6.80. The van der Waals surface area contributed by atoms with Gasteiger partial charge < -0.3 is 9.47 Å². The van der Waals surface area contributed by atoms with Crippen LogP contribution in [0, 0.1) is 5.92 Å². The number of hydrogen-bond donors (Lipinski definition) is 2. The number of nitrogen functional groups attached to an aromatic ring is 1. The van der Waals surface area contributed by atoms with Gasteiger partial charge in [0.05, 0.1) is 13.2 Å². The Labute approximate surface area is 112 Å². The van der Waals surface area contributed by atoms with E-state index in [1.807, 2.05) is 6.92 Å². The van der Waals surface area contributed by atoms with Crippen LogP contribution in [0.4, 0.5) is 5.95 Å². The Morgan fingerprint density at radius 2 is 1.84 bits per heavy atom. The molecular weight excluding hydrogens is 246 g/mol. The highest BCUT2D eigenvalue weighted by Crippen LogP contribution is 2.25. The predicted molar refractivity (Wildman–Crippen MR) is 70.9 cm³/mol. The molecule has 1 aromatic heterocycles. The van der Waals surface area contributed by atoms with Crippen molar-refractivity contribution in [1.29, 1.82) is 0 Å². The summed E-state index contributed by atoms with van der Waals surface area (Å²) in [5.41, 5.74) is 2.39. The summed E-state index contributed by atoms with van der Waals surface area (Å²) in [5.74, 6) is 6.18. The van der Waals surface area contributed by atoms with Crippen molar-refractivity contribution in [3.8, 4) is 12.0 Å². The molecule has 19 heavy (non-hydrogen) atoms. The van der Waals surface area contributed by atoms with E-state index in [2.05, 4.69) is 20.4 Å². The smallest absolute Gasteiger partial charge is 0.324 e. The lowest BCUT2D eigenvalue weighted by atomic mass is 10.1. The Morgan fingerprint density at radius 3 is 2.47 bits per heavy atom. The van der Waals surface area contributed by atoms with Gasteiger partial charge in [0.2, 0.25) is 5.95 Å². The largest absolute Gasteiger partial charge is 0.463 e. The number of nitrogens with two attached hydrogens (primary N) is 1. The van der Waals surface area contributed by atoms with Gasteiger partial charge in [0, 0.05) is 0 Å². The lowest BCUT2D eigenvalue weighted by molar-refractivity contribution is 0.224. The highest BCUT2D eigenvalue weighted by atomic mass is 16.5. The number of aromatic nitrogens is 3. The zero-order valence-corrected chi connectivity index (χ0v) is 11.3. The summed E-state index contributed by atoms with van der Waals surface area (Å²) in [6, 6.07) is 0.507. The van der Waals surface area contributed by atoms with E-state index in [-0.39, 0.29) is 18.0 Å². The zero-order valence-electron chi connectivity index (χ0n) is 11.3. The Bertz CT molecular complexity index is 396. The molecule has 0 bridgehead atoms. The predicted octanol–water partition coefficient (Wildman–Crippen LogP) is 1.51. The van der Waals surface area contributed by atoms with E-state index in [1.54, 1.807) is 0 Å². The Morgan fingerprint density at radius 1 is 1.16 bits per heavy atom. The quantitative estimate of drug-likeness (QED) is 0.571. The number of anilines is 1. The maximum absolute atomic E-state index is 5.62. The minimum atomic E-state index is 0.242. The zero-order chi connectivity index (χ0) is 13.5. The van der Waals surface area contributed by atoms with Crippen LogP contribution in [0.1, 0.15) is 39.0 Å². The minimum Gasteiger partial charge on any atom is -0.463 e. The third kappa shape index (κ3) is 4.20. The minimum absolute atomic E-state index is 0.242. The summed E-state index contributed by atoms with van der Waals surface area (Å²) >= 11 is 0. The van der Waals surface area contributed by atoms with Crippen molar-refractivity contribution in [2.24, 2.45) is 11.8 Å². The van der Waals surface area contributed by atoms with Gasteiger partial charge in [-0.15, -0.1) is 4.98 Å². The van der Waals surface area contributed by atoms with E-state index in [4.69, 9.17) is 15.3 Å². The van der Waals surface area contributed by atoms with Crippen LogP contribution in [0.3, 0.4) is 0 Å². The molecular formula is C12H21N5O2. The molecule has 1 aliphatic carbocycles. The lowest BCUT2D eigenvalue weighted by Gasteiger charge is -2.11. The first-order valence-corrected chi connectivity index (χ1v) is 6.80. The SMILES string of the molecule is CCCOc1nc(NN)nc(OCC2CCCC2)n1. The normalized spacial score (nSPS) is 15.5. The number of nitrogens with zero attached hydrogens (tertiary/aromatic N) is 3. The number of rotatable bonds is 7. The maximum atomic E-state index is 5.62. The van der Waals surface area contributed by atoms with Crippen LogP contribution in [0.25, 0.3) is 0 Å². The van der Waals surface area contributed by atoms with E-state index in [1.165, 1.54) is 25.7 Å². The van der Waals surface area contributed by atoms with Gasteiger partial charge in [-0.25, -0.2) is 5.84 Å². The maximum Gasteiger partial charge on any atom is 0.324 e. The molecule has 1 aliphatic rings. The average Bonchev–Trinajstić information content (AvgIpc) is 2.96. The van der Waals surface area contributed by atoms with Gasteiger partial charge in [0.15, 0.2) is 0 Å². The molecule has 0 aliphatic heterocycles. The third-order valence-electron chi connectivity index (χ3n) is 3.08. The van der Waals surface area contributed by atoms with Gasteiger partial charge in [-0.2, -0.15) is 9.97 Å². The average molecular weight is 267 g/mol. The monoisotopic (exact) mass is 267 g/mol. The number of ether oxygens (including phenoxy) is 2. The van der Waals surface area contributed by atoms with Gasteiger partial charge in [-0.1, -0.05) is 19.8 Å². The van der Waals surface area contributed by atoms with Crippen LogP contribution < -0.4 is 20.7 Å². The highest BCUT2D eigenvalue weighted by molar-refractivity contribution is 5.25. The van der Waals surface area contributed by atoms with Crippen LogP contribution in [0.5, 0.6) is 12.0 Å². The number of nitrogens with one attached hydrogen (secondary N) is 1. The molecule has 0 unspecified atom stereocenters. The summed E-state index contributed by atoms with van der Waals surface area (Å²) in [4.78, 5) is 12.2. The van der Waals surface area contributed by atoms with E-state index in [0.29, 0.717) is 19.1 Å². The van der Waals surface area contributed by atoms with Crippen LogP contribution in [-0.4, -0.2) is 28.2 Å². The fourth-order valence-corrected chi connectivity index (χ4v) is 2.09. The molecule has 0 radical (unpaired) electrons. The molecule has 7 nitrogen and oxygen atoms in total. The molecule has 1 saturated carbocycles. The summed E-state index contributed by atoms with van der Waals surface area (Å²) in [6.07, 6.45) is 5.88. The topological polar surface area (TPSA) is 95.2 Å². The van der Waals surface area contributed by atoms with Gasteiger partial charge in [0.25, 0.3) is 0 Å². The van der Waals surface area contributed by atoms with E-state index in [9.17, 15) is 0 Å².